The van der Waals surface area contributed by atoms with Gasteiger partial charge in [-0.25, -0.2) is 0 Å². The third kappa shape index (κ3) is 2.84. The molecule has 1 aromatic heterocycles. The Morgan fingerprint density at radius 3 is 2.00 bits per heavy atom. The second-order valence-electron chi connectivity index (χ2n) is 9.73. The van der Waals surface area contributed by atoms with Crippen LogP contribution in [-0.2, 0) is 0 Å². The molecule has 2 unspecified atom stereocenters. The molecular weight excluding hydrogens is 405 g/mol. The standard InChI is InChI=1S/C29H26BNO2/c1-28(32)27(29(28,2)33)20-15-23(30)26-22-14-13-19(18-9-5-3-6-10-18)16-24(22)31(25(26)17-20)21-11-7-4-8-12-21/h3-17,27,32-33H,30H2,1-2H3. The lowest BCUT2D eigenvalue weighted by molar-refractivity contribution is 0.0438. The molecule has 0 saturated heterocycles. The summed E-state index contributed by atoms with van der Waals surface area (Å²) in [5.41, 5.74) is 5.55. The normalized spacial score (nSPS) is 24.4. The third-order valence-corrected chi connectivity index (χ3v) is 7.61. The Balaban J connectivity index is 1.68. The highest BCUT2D eigenvalue weighted by atomic mass is 16.4. The molecule has 0 bridgehead atoms. The minimum absolute atomic E-state index is 0.310. The average Bonchev–Trinajstić information content (AvgIpc) is 3.06. The first-order valence-corrected chi connectivity index (χ1v) is 11.4. The van der Waals surface area contributed by atoms with E-state index in [2.05, 4.69) is 91.3 Å². The third-order valence-electron chi connectivity index (χ3n) is 7.61. The SMILES string of the molecule is Bc1cc(C2C(C)(O)C2(C)O)cc2c1c1ccc(-c3ccccc3)cc1n2-c1ccccc1. The fourth-order valence-electron chi connectivity index (χ4n) is 5.62. The van der Waals surface area contributed by atoms with Crippen molar-refractivity contribution in [2.75, 3.05) is 0 Å². The summed E-state index contributed by atoms with van der Waals surface area (Å²) >= 11 is 0. The molecule has 0 radical (unpaired) electrons. The molecule has 0 aliphatic heterocycles. The summed E-state index contributed by atoms with van der Waals surface area (Å²) in [5.74, 6) is -0.310. The summed E-state index contributed by atoms with van der Waals surface area (Å²) < 4.78 is 2.30. The molecule has 3 nitrogen and oxygen atoms in total. The van der Waals surface area contributed by atoms with E-state index in [1.165, 1.54) is 21.9 Å². The van der Waals surface area contributed by atoms with E-state index >= 15 is 0 Å². The molecule has 1 aliphatic rings. The zero-order chi connectivity index (χ0) is 23.0. The van der Waals surface area contributed by atoms with E-state index in [0.717, 1.165) is 27.7 Å². The van der Waals surface area contributed by atoms with Crippen LogP contribution < -0.4 is 5.46 Å². The number of benzene rings is 4. The Morgan fingerprint density at radius 2 is 1.36 bits per heavy atom. The quantitative estimate of drug-likeness (QED) is 0.419. The molecule has 5 aromatic rings. The van der Waals surface area contributed by atoms with Crippen LogP contribution in [0, 0.1) is 0 Å². The number of rotatable bonds is 3. The lowest BCUT2D eigenvalue weighted by atomic mass is 9.87. The summed E-state index contributed by atoms with van der Waals surface area (Å²) in [5, 5.41) is 23.9. The number of hydrogen-bond acceptors (Lipinski definition) is 2. The average molecular weight is 431 g/mol. The van der Waals surface area contributed by atoms with Crippen molar-refractivity contribution in [3.8, 4) is 16.8 Å². The number of hydrogen-bond donors (Lipinski definition) is 2. The minimum atomic E-state index is -1.13. The first-order valence-electron chi connectivity index (χ1n) is 11.4. The van der Waals surface area contributed by atoms with E-state index in [-0.39, 0.29) is 5.92 Å². The van der Waals surface area contributed by atoms with Gasteiger partial charge in [0.1, 0.15) is 19.0 Å². The van der Waals surface area contributed by atoms with Gasteiger partial charge in [-0.2, -0.15) is 0 Å². The van der Waals surface area contributed by atoms with Crippen molar-refractivity contribution in [1.29, 1.82) is 0 Å². The van der Waals surface area contributed by atoms with E-state index in [1.54, 1.807) is 13.8 Å². The van der Waals surface area contributed by atoms with E-state index in [1.807, 2.05) is 12.1 Å². The Morgan fingerprint density at radius 1 is 0.727 bits per heavy atom. The van der Waals surface area contributed by atoms with Gasteiger partial charge in [-0.3, -0.25) is 0 Å². The van der Waals surface area contributed by atoms with Gasteiger partial charge in [0.25, 0.3) is 0 Å². The van der Waals surface area contributed by atoms with Crippen molar-refractivity contribution < 1.29 is 10.2 Å². The van der Waals surface area contributed by atoms with Crippen molar-refractivity contribution >= 4 is 35.1 Å². The van der Waals surface area contributed by atoms with Gasteiger partial charge in [0.05, 0.1) is 11.0 Å². The number of aromatic nitrogens is 1. The van der Waals surface area contributed by atoms with Gasteiger partial charge in [-0.1, -0.05) is 72.2 Å². The monoisotopic (exact) mass is 431 g/mol. The maximum absolute atomic E-state index is 10.8. The Hall–Kier alpha value is -3.34. The van der Waals surface area contributed by atoms with Crippen LogP contribution in [0.15, 0.2) is 91.0 Å². The molecule has 0 amide bonds. The first kappa shape index (κ1) is 20.3. The van der Waals surface area contributed by atoms with Crippen molar-refractivity contribution in [3.63, 3.8) is 0 Å². The number of para-hydroxylation sites is 1. The van der Waals surface area contributed by atoms with E-state index in [4.69, 9.17) is 0 Å². The van der Waals surface area contributed by atoms with Crippen molar-refractivity contribution in [2.24, 2.45) is 0 Å². The molecule has 162 valence electrons. The minimum Gasteiger partial charge on any atom is -0.386 e. The van der Waals surface area contributed by atoms with Gasteiger partial charge >= 0.3 is 0 Å². The summed E-state index contributed by atoms with van der Waals surface area (Å²) in [4.78, 5) is 0. The second-order valence-corrected chi connectivity index (χ2v) is 9.73. The van der Waals surface area contributed by atoms with Gasteiger partial charge in [-0.15, -0.1) is 0 Å². The van der Waals surface area contributed by atoms with Crippen LogP contribution in [0.1, 0.15) is 25.3 Å². The van der Waals surface area contributed by atoms with Crippen molar-refractivity contribution in [2.45, 2.75) is 31.0 Å². The van der Waals surface area contributed by atoms with E-state index in [0.29, 0.717) is 0 Å². The van der Waals surface area contributed by atoms with Crippen LogP contribution in [0.2, 0.25) is 0 Å². The van der Waals surface area contributed by atoms with Crippen LogP contribution in [0.3, 0.4) is 0 Å². The van der Waals surface area contributed by atoms with E-state index < -0.39 is 11.2 Å². The molecular formula is C29H26BNO2. The van der Waals surface area contributed by atoms with Crippen LogP contribution in [0.5, 0.6) is 0 Å². The highest BCUT2D eigenvalue weighted by Crippen LogP contribution is 2.60. The largest absolute Gasteiger partial charge is 0.386 e. The maximum Gasteiger partial charge on any atom is 0.140 e. The molecule has 4 heteroatoms. The topological polar surface area (TPSA) is 45.4 Å². The number of fused-ring (bicyclic) bond motifs is 3. The fourth-order valence-corrected chi connectivity index (χ4v) is 5.62. The first-order chi connectivity index (χ1) is 15.8. The van der Waals surface area contributed by atoms with Gasteiger partial charge in [0.15, 0.2) is 0 Å². The van der Waals surface area contributed by atoms with Gasteiger partial charge in [-0.05, 0) is 54.8 Å². The van der Waals surface area contributed by atoms with Crippen molar-refractivity contribution in [3.05, 3.63) is 96.6 Å². The molecule has 0 spiro atoms. The second kappa shape index (κ2) is 6.83. The summed E-state index contributed by atoms with van der Waals surface area (Å²) in [6, 6.07) is 31.8. The van der Waals surface area contributed by atoms with Crippen LogP contribution >= 0.6 is 0 Å². The highest BCUT2D eigenvalue weighted by molar-refractivity contribution is 6.42. The fraction of sp³-hybridized carbons (Fsp3) is 0.172. The summed E-state index contributed by atoms with van der Waals surface area (Å²) in [6.45, 7) is 3.44. The summed E-state index contributed by atoms with van der Waals surface area (Å²) in [7, 11) is 2.12. The lowest BCUT2D eigenvalue weighted by Gasteiger charge is -2.11. The number of aliphatic hydroxyl groups is 2. The zero-order valence-corrected chi connectivity index (χ0v) is 19.1. The maximum atomic E-state index is 10.8. The molecule has 1 heterocycles. The van der Waals surface area contributed by atoms with Gasteiger partial charge in [0.2, 0.25) is 0 Å². The predicted octanol–water partition coefficient (Wildman–Crippen LogP) is 4.31. The molecule has 1 fully saturated rings. The molecule has 6 rings (SSSR count). The molecule has 1 aliphatic carbocycles. The molecule has 2 atom stereocenters. The van der Waals surface area contributed by atoms with E-state index in [9.17, 15) is 10.2 Å². The van der Waals surface area contributed by atoms with Gasteiger partial charge < -0.3 is 14.8 Å². The van der Waals surface area contributed by atoms with Crippen molar-refractivity contribution in [1.82, 2.24) is 4.57 Å². The number of nitrogens with zero attached hydrogens (tertiary/aromatic N) is 1. The van der Waals surface area contributed by atoms with Crippen LogP contribution in [-0.4, -0.2) is 33.8 Å². The Kier molecular flexibility index (Phi) is 4.20. The predicted molar refractivity (Wildman–Crippen MR) is 138 cm³/mol. The molecule has 33 heavy (non-hydrogen) atoms. The van der Waals surface area contributed by atoms with Gasteiger partial charge in [0, 0.05) is 22.4 Å². The van der Waals surface area contributed by atoms with Crippen LogP contribution in [0.4, 0.5) is 0 Å². The molecule has 4 aromatic carbocycles. The zero-order valence-electron chi connectivity index (χ0n) is 19.1. The highest BCUT2D eigenvalue weighted by Gasteiger charge is 2.71. The smallest absolute Gasteiger partial charge is 0.140 e. The Bertz CT molecular complexity index is 1500. The molecule has 1 saturated carbocycles. The Labute approximate surface area is 194 Å². The molecule has 2 N–H and O–H groups in total. The summed E-state index contributed by atoms with van der Waals surface area (Å²) in [6.07, 6.45) is 0. The lowest BCUT2D eigenvalue weighted by Crippen LogP contribution is -2.17. The van der Waals surface area contributed by atoms with Crippen LogP contribution in [0.25, 0.3) is 38.6 Å².